The van der Waals surface area contributed by atoms with Gasteiger partial charge in [-0.25, -0.2) is 0 Å². The molecule has 4 nitrogen and oxygen atoms in total. The number of alkyl halides is 1. The SMILES string of the molecule is CC(C)c1nc2c(c3c1[C@@H](c1ccc(C(C)(C)C)cc1)OC31CCOCC1I)C(O[Si](C)(C)C(C)(C)C)CC1(CCC1)C2. The van der Waals surface area contributed by atoms with Crippen molar-refractivity contribution in [3.05, 3.63) is 63.5 Å². The van der Waals surface area contributed by atoms with E-state index < -0.39 is 13.9 Å². The topological polar surface area (TPSA) is 40.6 Å². The van der Waals surface area contributed by atoms with Gasteiger partial charge in [-0.2, -0.15) is 0 Å². The number of aromatic nitrogens is 1. The fourth-order valence-corrected chi connectivity index (χ4v) is 10.1. The van der Waals surface area contributed by atoms with E-state index in [0.717, 1.165) is 25.9 Å². The van der Waals surface area contributed by atoms with Gasteiger partial charge in [0.15, 0.2) is 8.32 Å². The molecule has 2 aliphatic carbocycles. The Labute approximate surface area is 275 Å². The van der Waals surface area contributed by atoms with Crippen LogP contribution in [-0.4, -0.2) is 30.4 Å². The highest BCUT2D eigenvalue weighted by atomic mass is 127. The third-order valence-electron chi connectivity index (χ3n) is 11.5. The van der Waals surface area contributed by atoms with E-state index in [2.05, 4.69) is 115 Å². The Bertz CT molecular complexity index is 1370. The molecule has 43 heavy (non-hydrogen) atoms. The van der Waals surface area contributed by atoms with Crippen molar-refractivity contribution in [3.63, 3.8) is 0 Å². The number of ether oxygens (including phenoxy) is 2. The van der Waals surface area contributed by atoms with E-state index in [0.29, 0.717) is 17.9 Å². The van der Waals surface area contributed by atoms with E-state index in [4.69, 9.17) is 18.9 Å². The monoisotopic (exact) mass is 715 g/mol. The molecule has 236 valence electrons. The number of benzene rings is 1. The Balaban J connectivity index is 1.60. The maximum atomic E-state index is 7.51. The molecule has 2 spiro atoms. The first-order valence-corrected chi connectivity index (χ1v) is 20.9. The van der Waals surface area contributed by atoms with Crippen LogP contribution in [0.25, 0.3) is 0 Å². The molecule has 2 aromatic rings. The second-order valence-electron chi connectivity index (χ2n) is 17.0. The molecule has 4 aliphatic rings. The molecule has 4 atom stereocenters. The van der Waals surface area contributed by atoms with E-state index in [-0.39, 0.29) is 26.6 Å². The van der Waals surface area contributed by atoms with Gasteiger partial charge < -0.3 is 13.9 Å². The summed E-state index contributed by atoms with van der Waals surface area (Å²) in [6.45, 7) is 24.9. The average Bonchev–Trinajstić information content (AvgIpc) is 3.23. The molecule has 1 aromatic heterocycles. The van der Waals surface area contributed by atoms with Crippen molar-refractivity contribution in [1.29, 1.82) is 0 Å². The second kappa shape index (κ2) is 10.9. The first kappa shape index (κ1) is 32.2. The van der Waals surface area contributed by atoms with Crippen molar-refractivity contribution in [2.75, 3.05) is 13.2 Å². The molecule has 1 aromatic carbocycles. The summed E-state index contributed by atoms with van der Waals surface area (Å²) in [6.07, 6.45) is 6.93. The second-order valence-corrected chi connectivity index (χ2v) is 23.2. The molecule has 2 aliphatic heterocycles. The van der Waals surface area contributed by atoms with Crippen LogP contribution in [0.1, 0.15) is 145 Å². The molecule has 0 radical (unpaired) electrons. The summed E-state index contributed by atoms with van der Waals surface area (Å²) in [5.74, 6) is 0.306. The Kier molecular flexibility index (Phi) is 8.14. The normalized spacial score (nSPS) is 28.7. The van der Waals surface area contributed by atoms with Crippen LogP contribution in [0.15, 0.2) is 24.3 Å². The fraction of sp³-hybridized carbons (Fsp3) is 0.703. The number of nitrogens with zero attached hydrogens (tertiary/aromatic N) is 1. The minimum absolute atomic E-state index is 0.0707. The van der Waals surface area contributed by atoms with Gasteiger partial charge >= 0.3 is 0 Å². The van der Waals surface area contributed by atoms with Crippen molar-refractivity contribution < 1.29 is 13.9 Å². The van der Waals surface area contributed by atoms with E-state index in [9.17, 15) is 0 Å². The molecule has 1 saturated carbocycles. The van der Waals surface area contributed by atoms with Crippen molar-refractivity contribution in [2.24, 2.45) is 5.41 Å². The smallest absolute Gasteiger partial charge is 0.192 e. The molecule has 2 fully saturated rings. The molecule has 6 heteroatoms. The number of halogens is 1. The summed E-state index contributed by atoms with van der Waals surface area (Å²) in [6, 6.07) is 9.23. The number of fused-ring (bicyclic) bond motifs is 4. The van der Waals surface area contributed by atoms with Crippen molar-refractivity contribution in [1.82, 2.24) is 4.98 Å². The number of pyridine rings is 1. The molecule has 3 heterocycles. The third-order valence-corrected chi connectivity index (χ3v) is 17.4. The van der Waals surface area contributed by atoms with E-state index in [1.165, 1.54) is 58.5 Å². The van der Waals surface area contributed by atoms with Crippen LogP contribution in [-0.2, 0) is 31.3 Å². The van der Waals surface area contributed by atoms with Crippen LogP contribution in [0.4, 0.5) is 0 Å². The van der Waals surface area contributed by atoms with Crippen LogP contribution in [0.3, 0.4) is 0 Å². The average molecular weight is 716 g/mol. The Hall–Kier alpha value is -0.803. The maximum absolute atomic E-state index is 7.51. The lowest BCUT2D eigenvalue weighted by molar-refractivity contribution is -0.113. The van der Waals surface area contributed by atoms with Crippen LogP contribution in [0.2, 0.25) is 18.1 Å². The standard InChI is InChI=1S/C37H54INO3Si/c1-23(2)32-30-31(29-26(39-32)20-36(16-11-17-36)21-27(29)42-43(9,10)35(6,7)8)37(18-19-40-22-28(37)38)41-33(30)24-12-14-25(15-13-24)34(3,4)5/h12-15,23,27-28,33H,11,16-22H2,1-10H3/t27?,28?,33-,37?/m1/s1. The molecular weight excluding hydrogens is 661 g/mol. The minimum Gasteiger partial charge on any atom is -0.410 e. The van der Waals surface area contributed by atoms with Gasteiger partial charge in [0.05, 0.1) is 16.6 Å². The van der Waals surface area contributed by atoms with Crippen LogP contribution in [0, 0.1) is 5.41 Å². The third kappa shape index (κ3) is 5.41. The van der Waals surface area contributed by atoms with Gasteiger partial charge in [0.2, 0.25) is 0 Å². The largest absolute Gasteiger partial charge is 0.410 e. The summed E-state index contributed by atoms with van der Waals surface area (Å²) < 4.78 is 21.3. The number of hydrogen-bond acceptors (Lipinski definition) is 4. The maximum Gasteiger partial charge on any atom is 0.192 e. The molecule has 0 amide bonds. The molecule has 1 saturated heterocycles. The van der Waals surface area contributed by atoms with E-state index >= 15 is 0 Å². The van der Waals surface area contributed by atoms with Gasteiger partial charge in [0.25, 0.3) is 0 Å². The number of rotatable bonds is 4. The fourth-order valence-electron chi connectivity index (χ4n) is 7.78. The van der Waals surface area contributed by atoms with Gasteiger partial charge in [0, 0.05) is 41.1 Å². The Morgan fingerprint density at radius 3 is 2.21 bits per heavy atom. The van der Waals surface area contributed by atoms with Crippen LogP contribution < -0.4 is 0 Å². The molecule has 6 rings (SSSR count). The quantitative estimate of drug-likeness (QED) is 0.180. The summed E-state index contributed by atoms with van der Waals surface area (Å²) in [7, 11) is -2.06. The van der Waals surface area contributed by atoms with Gasteiger partial charge in [-0.15, -0.1) is 0 Å². The zero-order chi connectivity index (χ0) is 31.2. The van der Waals surface area contributed by atoms with Crippen molar-refractivity contribution >= 4 is 30.9 Å². The molecular formula is C37H54INO3Si. The molecule has 0 bridgehead atoms. The van der Waals surface area contributed by atoms with Gasteiger partial charge in [0.1, 0.15) is 11.7 Å². The Morgan fingerprint density at radius 1 is 1.00 bits per heavy atom. The van der Waals surface area contributed by atoms with Gasteiger partial charge in [-0.1, -0.05) is 109 Å². The lowest BCUT2D eigenvalue weighted by Crippen LogP contribution is -2.48. The highest BCUT2D eigenvalue weighted by Gasteiger charge is 2.57. The lowest BCUT2D eigenvalue weighted by atomic mass is 9.58. The summed E-state index contributed by atoms with van der Waals surface area (Å²) in [5, 5.41) is 0.141. The predicted octanol–water partition coefficient (Wildman–Crippen LogP) is 10.2. The Morgan fingerprint density at radius 2 is 1.67 bits per heavy atom. The molecule has 3 unspecified atom stereocenters. The lowest BCUT2D eigenvalue weighted by Gasteiger charge is -2.51. The first-order valence-electron chi connectivity index (χ1n) is 16.7. The summed E-state index contributed by atoms with van der Waals surface area (Å²) in [5.41, 5.74) is 9.30. The van der Waals surface area contributed by atoms with Crippen molar-refractivity contribution in [2.45, 2.75) is 145 Å². The number of hydrogen-bond donors (Lipinski definition) is 0. The zero-order valence-corrected chi connectivity index (χ0v) is 31.5. The van der Waals surface area contributed by atoms with E-state index in [1.807, 2.05) is 0 Å². The minimum atomic E-state index is -2.06. The van der Waals surface area contributed by atoms with Crippen LogP contribution >= 0.6 is 22.6 Å². The highest BCUT2D eigenvalue weighted by Crippen LogP contribution is 2.62. The van der Waals surface area contributed by atoms with Crippen molar-refractivity contribution in [3.8, 4) is 0 Å². The van der Waals surface area contributed by atoms with Crippen LogP contribution in [0.5, 0.6) is 0 Å². The zero-order valence-electron chi connectivity index (χ0n) is 28.3. The van der Waals surface area contributed by atoms with Gasteiger partial charge in [-0.3, -0.25) is 4.98 Å². The molecule has 0 N–H and O–H groups in total. The first-order chi connectivity index (χ1) is 20.0. The highest BCUT2D eigenvalue weighted by molar-refractivity contribution is 14.1. The predicted molar refractivity (Wildman–Crippen MR) is 187 cm³/mol. The summed E-state index contributed by atoms with van der Waals surface area (Å²) >= 11 is 2.63. The summed E-state index contributed by atoms with van der Waals surface area (Å²) in [4.78, 5) is 5.66. The van der Waals surface area contributed by atoms with Gasteiger partial charge in [-0.05, 0) is 71.7 Å². The van der Waals surface area contributed by atoms with E-state index in [1.54, 1.807) is 0 Å².